The molecule has 0 aliphatic heterocycles. The van der Waals surface area contributed by atoms with Gasteiger partial charge < -0.3 is 0 Å². The average molecular weight is 340 g/mol. The van der Waals surface area contributed by atoms with E-state index in [0.29, 0.717) is 10.8 Å². The van der Waals surface area contributed by atoms with E-state index in [-0.39, 0.29) is 5.41 Å². The molecule has 1 N–H and O–H groups in total. The number of aryl methyl sites for hydroxylation is 1. The van der Waals surface area contributed by atoms with Gasteiger partial charge in [0.2, 0.25) is 10.0 Å². The molecule has 0 radical (unpaired) electrons. The van der Waals surface area contributed by atoms with Crippen molar-refractivity contribution in [3.05, 3.63) is 17.0 Å². The maximum atomic E-state index is 12.0. The molecule has 1 aromatic rings. The van der Waals surface area contributed by atoms with Crippen molar-refractivity contribution >= 4 is 37.3 Å². The molecule has 0 aliphatic rings. The van der Waals surface area contributed by atoms with Crippen molar-refractivity contribution in [2.75, 3.05) is 11.9 Å². The van der Waals surface area contributed by atoms with E-state index in [0.717, 1.165) is 16.6 Å². The fourth-order valence-corrected chi connectivity index (χ4v) is 4.91. The highest BCUT2D eigenvalue weighted by molar-refractivity contribution is 9.09. The third-order valence-electron chi connectivity index (χ3n) is 2.49. The Morgan fingerprint density at radius 1 is 1.41 bits per heavy atom. The second kappa shape index (κ2) is 5.82. The topological polar surface area (TPSA) is 46.2 Å². The van der Waals surface area contributed by atoms with E-state index in [1.54, 1.807) is 6.07 Å². The van der Waals surface area contributed by atoms with Gasteiger partial charge in [-0.05, 0) is 30.9 Å². The van der Waals surface area contributed by atoms with Gasteiger partial charge in [-0.3, -0.25) is 0 Å². The van der Waals surface area contributed by atoms with Gasteiger partial charge in [0.15, 0.2) is 0 Å². The Bertz CT molecular complexity index is 466. The lowest BCUT2D eigenvalue weighted by Crippen LogP contribution is -2.33. The minimum absolute atomic E-state index is 0.0388. The molecule has 0 saturated carbocycles. The van der Waals surface area contributed by atoms with Crippen LogP contribution in [-0.4, -0.2) is 20.3 Å². The summed E-state index contributed by atoms with van der Waals surface area (Å²) in [6.07, 6.45) is 0.930. The normalized spacial score (nSPS) is 12.9. The molecule has 17 heavy (non-hydrogen) atoms. The first-order chi connectivity index (χ1) is 7.77. The maximum absolute atomic E-state index is 12.0. The predicted octanol–water partition coefficient (Wildman–Crippen LogP) is 3.15. The van der Waals surface area contributed by atoms with Crippen LogP contribution in [0.15, 0.2) is 16.3 Å². The van der Waals surface area contributed by atoms with Crippen molar-refractivity contribution in [2.24, 2.45) is 5.41 Å². The molecule has 1 aromatic heterocycles. The smallest absolute Gasteiger partial charge is 0.210 e. The first-order valence-corrected chi connectivity index (χ1v) is 8.81. The van der Waals surface area contributed by atoms with Crippen molar-refractivity contribution in [1.82, 2.24) is 4.72 Å². The van der Waals surface area contributed by atoms with Crippen molar-refractivity contribution in [3.8, 4) is 0 Å². The zero-order valence-electron chi connectivity index (χ0n) is 10.3. The lowest BCUT2D eigenvalue weighted by Gasteiger charge is -2.23. The lowest BCUT2D eigenvalue weighted by molar-refractivity contribution is 0.354. The second-order valence-electron chi connectivity index (χ2n) is 4.79. The van der Waals surface area contributed by atoms with E-state index in [9.17, 15) is 8.42 Å². The van der Waals surface area contributed by atoms with E-state index < -0.39 is 10.0 Å². The van der Waals surface area contributed by atoms with Gasteiger partial charge in [0.25, 0.3) is 0 Å². The minimum Gasteiger partial charge on any atom is -0.210 e. The Morgan fingerprint density at radius 2 is 2.06 bits per heavy atom. The van der Waals surface area contributed by atoms with E-state index in [1.807, 2.05) is 13.0 Å². The molecule has 0 atom stereocenters. The molecule has 0 saturated heterocycles. The molecule has 98 valence electrons. The van der Waals surface area contributed by atoms with Gasteiger partial charge in [-0.15, -0.1) is 11.3 Å². The Kier molecular flexibility index (Phi) is 5.19. The van der Waals surface area contributed by atoms with Crippen LogP contribution in [0, 0.1) is 12.3 Å². The summed E-state index contributed by atoms with van der Waals surface area (Å²) in [5.41, 5.74) is -0.0388. The summed E-state index contributed by atoms with van der Waals surface area (Å²) in [7, 11) is -3.34. The highest BCUT2D eigenvalue weighted by atomic mass is 79.9. The van der Waals surface area contributed by atoms with Gasteiger partial charge in [-0.1, -0.05) is 29.8 Å². The third-order valence-corrected chi connectivity index (χ3v) is 5.78. The molecule has 0 spiro atoms. The van der Waals surface area contributed by atoms with E-state index in [4.69, 9.17) is 0 Å². The van der Waals surface area contributed by atoms with Gasteiger partial charge >= 0.3 is 0 Å². The highest BCUT2D eigenvalue weighted by Gasteiger charge is 2.22. The summed E-state index contributed by atoms with van der Waals surface area (Å²) in [6.45, 7) is 6.46. The van der Waals surface area contributed by atoms with E-state index in [1.165, 1.54) is 11.3 Å². The Hall–Kier alpha value is 0.0900. The van der Waals surface area contributed by atoms with Crippen LogP contribution in [-0.2, 0) is 10.0 Å². The maximum Gasteiger partial charge on any atom is 0.250 e. The number of nitrogens with one attached hydrogen (secondary N) is 1. The average Bonchev–Trinajstić information content (AvgIpc) is 2.63. The molecule has 1 rings (SSSR count). The summed E-state index contributed by atoms with van der Waals surface area (Å²) in [4.78, 5) is 1.00. The van der Waals surface area contributed by atoms with Crippen LogP contribution in [0.4, 0.5) is 0 Å². The Morgan fingerprint density at radius 3 is 2.53 bits per heavy atom. The number of alkyl halides is 1. The molecule has 0 unspecified atom stereocenters. The molecule has 6 heteroatoms. The minimum atomic E-state index is -3.34. The quantitative estimate of drug-likeness (QED) is 0.809. The van der Waals surface area contributed by atoms with Crippen molar-refractivity contribution in [3.63, 3.8) is 0 Å². The van der Waals surface area contributed by atoms with Crippen molar-refractivity contribution in [1.29, 1.82) is 0 Å². The van der Waals surface area contributed by atoms with Crippen molar-refractivity contribution < 1.29 is 8.42 Å². The number of thiophene rings is 1. The van der Waals surface area contributed by atoms with Gasteiger partial charge in [0.1, 0.15) is 4.21 Å². The summed E-state index contributed by atoms with van der Waals surface area (Å²) in [5.74, 6) is 0. The molecule has 0 aliphatic carbocycles. The number of halogens is 1. The zero-order valence-corrected chi connectivity index (χ0v) is 13.5. The first-order valence-electron chi connectivity index (χ1n) is 5.39. The molecule has 1 heterocycles. The van der Waals surface area contributed by atoms with Crippen LogP contribution < -0.4 is 4.72 Å². The number of sulfonamides is 1. The molecule has 0 amide bonds. The molecule has 0 aromatic carbocycles. The summed E-state index contributed by atoms with van der Waals surface area (Å²) < 4.78 is 27.0. The number of hydrogen-bond donors (Lipinski definition) is 1. The van der Waals surface area contributed by atoms with Crippen LogP contribution in [0.5, 0.6) is 0 Å². The number of rotatable bonds is 6. The molecular weight excluding hydrogens is 322 g/mol. The Balaban J connectivity index is 2.69. The fourth-order valence-electron chi connectivity index (χ4n) is 1.26. The third kappa shape index (κ3) is 4.69. The summed E-state index contributed by atoms with van der Waals surface area (Å²) in [5, 5.41) is 0.875. The molecule has 0 bridgehead atoms. The zero-order chi connectivity index (χ0) is 13.1. The van der Waals surface area contributed by atoms with Crippen LogP contribution >= 0.6 is 27.3 Å². The van der Waals surface area contributed by atoms with Gasteiger partial charge in [-0.25, -0.2) is 13.1 Å². The molecule has 3 nitrogen and oxygen atoms in total. The van der Waals surface area contributed by atoms with Crippen LogP contribution in [0.3, 0.4) is 0 Å². The summed E-state index contributed by atoms with van der Waals surface area (Å²) in [6, 6.07) is 3.47. The molecule has 0 fully saturated rings. The van der Waals surface area contributed by atoms with Gasteiger partial charge in [0.05, 0.1) is 0 Å². The van der Waals surface area contributed by atoms with E-state index >= 15 is 0 Å². The first kappa shape index (κ1) is 15.1. The van der Waals surface area contributed by atoms with Crippen LogP contribution in [0.1, 0.15) is 25.1 Å². The lowest BCUT2D eigenvalue weighted by atomic mass is 9.91. The number of hydrogen-bond acceptors (Lipinski definition) is 3. The highest BCUT2D eigenvalue weighted by Crippen LogP contribution is 2.23. The molecular formula is C11H18BrNO2S2. The Labute approximate surface area is 116 Å². The largest absolute Gasteiger partial charge is 0.250 e. The fraction of sp³-hybridized carbons (Fsp3) is 0.636. The standard InChI is InChI=1S/C11H18BrNO2S2/c1-9-4-5-10(16-9)17(14,15)13-8-11(2,3)6-7-12/h4-5,13H,6-8H2,1-3H3. The summed E-state index contributed by atoms with van der Waals surface area (Å²) >= 11 is 4.68. The van der Waals surface area contributed by atoms with E-state index in [2.05, 4.69) is 34.5 Å². The SMILES string of the molecule is Cc1ccc(S(=O)(=O)NCC(C)(C)CCBr)s1. The van der Waals surface area contributed by atoms with Crippen LogP contribution in [0.2, 0.25) is 0 Å². The predicted molar refractivity (Wildman–Crippen MR) is 76.4 cm³/mol. The van der Waals surface area contributed by atoms with Crippen LogP contribution in [0.25, 0.3) is 0 Å². The monoisotopic (exact) mass is 339 g/mol. The van der Waals surface area contributed by atoms with Gasteiger partial charge in [0, 0.05) is 16.8 Å². The van der Waals surface area contributed by atoms with Crippen molar-refractivity contribution in [2.45, 2.75) is 31.4 Å². The van der Waals surface area contributed by atoms with Gasteiger partial charge in [-0.2, -0.15) is 0 Å². The second-order valence-corrected chi connectivity index (χ2v) is 8.87.